The summed E-state index contributed by atoms with van der Waals surface area (Å²) in [6.07, 6.45) is 3.61. The molecule has 0 spiro atoms. The van der Waals surface area contributed by atoms with Crippen LogP contribution in [0.5, 0.6) is 5.75 Å². The number of fused-ring (bicyclic) bond motifs is 3. The molecule has 4 rings (SSSR count). The van der Waals surface area contributed by atoms with Crippen molar-refractivity contribution < 1.29 is 13.9 Å². The van der Waals surface area contributed by atoms with Crippen molar-refractivity contribution in [3.63, 3.8) is 0 Å². The zero-order chi connectivity index (χ0) is 20.5. The largest absolute Gasteiger partial charge is 0.482 e. The maximum Gasteiger partial charge on any atom is 0.339 e. The molecule has 150 valence electrons. The number of anilines is 1. The van der Waals surface area contributed by atoms with Crippen LogP contribution in [-0.4, -0.2) is 12.5 Å². The molecule has 1 aliphatic rings. The molecule has 5 nitrogen and oxygen atoms in total. The number of ether oxygens (including phenoxy) is 1. The van der Waals surface area contributed by atoms with Crippen LogP contribution in [0.3, 0.4) is 0 Å². The molecule has 1 aromatic heterocycles. The number of carbonyl (C=O) groups excluding carboxylic acids is 1. The monoisotopic (exact) mass is 411 g/mol. The van der Waals surface area contributed by atoms with Crippen molar-refractivity contribution in [1.29, 1.82) is 0 Å². The summed E-state index contributed by atoms with van der Waals surface area (Å²) in [6, 6.07) is 9.18. The maximum atomic E-state index is 12.3. The third-order valence-electron chi connectivity index (χ3n) is 5.14. The van der Waals surface area contributed by atoms with Gasteiger partial charge >= 0.3 is 5.63 Å². The van der Waals surface area contributed by atoms with E-state index in [-0.39, 0.29) is 18.1 Å². The van der Waals surface area contributed by atoms with Crippen molar-refractivity contribution in [2.45, 2.75) is 39.5 Å². The minimum Gasteiger partial charge on any atom is -0.482 e. The number of nitrogens with one attached hydrogen (secondary N) is 1. The molecule has 0 atom stereocenters. The van der Waals surface area contributed by atoms with Crippen molar-refractivity contribution >= 4 is 34.2 Å². The first kappa shape index (κ1) is 19.5. The van der Waals surface area contributed by atoms with Gasteiger partial charge in [-0.1, -0.05) is 17.7 Å². The van der Waals surface area contributed by atoms with Crippen LogP contribution in [0.15, 0.2) is 39.5 Å². The summed E-state index contributed by atoms with van der Waals surface area (Å²) in [5.41, 5.74) is 4.76. The van der Waals surface area contributed by atoms with Crippen molar-refractivity contribution in [2.75, 3.05) is 11.9 Å². The third kappa shape index (κ3) is 4.15. The quantitative estimate of drug-likeness (QED) is 0.616. The van der Waals surface area contributed by atoms with Crippen LogP contribution in [0.4, 0.5) is 5.69 Å². The number of amides is 1. The molecule has 0 saturated carbocycles. The fourth-order valence-electron chi connectivity index (χ4n) is 3.94. The Labute approximate surface area is 173 Å². The minimum atomic E-state index is -0.298. The van der Waals surface area contributed by atoms with E-state index in [1.807, 2.05) is 32.0 Å². The van der Waals surface area contributed by atoms with Crippen LogP contribution in [0.1, 0.15) is 35.1 Å². The SMILES string of the molecule is Cc1cc(C)cc(NC(=O)COc2cc3oc(=O)c4c(c3cc2Cl)CCCC4)c1. The summed E-state index contributed by atoms with van der Waals surface area (Å²) in [4.78, 5) is 24.6. The molecular formula is C23H22ClNO4. The number of hydrogen-bond donors (Lipinski definition) is 1. The molecule has 1 amide bonds. The molecule has 0 saturated heterocycles. The average molecular weight is 412 g/mol. The Morgan fingerprint density at radius 2 is 1.76 bits per heavy atom. The van der Waals surface area contributed by atoms with Gasteiger partial charge in [-0.2, -0.15) is 0 Å². The number of aryl methyl sites for hydroxylation is 3. The van der Waals surface area contributed by atoms with E-state index in [9.17, 15) is 9.59 Å². The molecule has 29 heavy (non-hydrogen) atoms. The zero-order valence-corrected chi connectivity index (χ0v) is 17.2. The molecule has 0 unspecified atom stereocenters. The summed E-state index contributed by atoms with van der Waals surface area (Å²) in [6.45, 7) is 3.74. The molecule has 1 aliphatic carbocycles. The Balaban J connectivity index is 1.54. The molecule has 0 radical (unpaired) electrons. The van der Waals surface area contributed by atoms with Gasteiger partial charge in [-0.3, -0.25) is 4.79 Å². The lowest BCUT2D eigenvalue weighted by molar-refractivity contribution is -0.118. The summed E-state index contributed by atoms with van der Waals surface area (Å²) in [5.74, 6) is 0.0201. The molecule has 2 aromatic carbocycles. The number of halogens is 1. The predicted molar refractivity (Wildman–Crippen MR) is 114 cm³/mol. The first-order valence-corrected chi connectivity index (χ1v) is 10.1. The number of benzene rings is 2. The molecule has 1 heterocycles. The normalized spacial score (nSPS) is 13.2. The van der Waals surface area contributed by atoms with E-state index in [2.05, 4.69) is 5.32 Å². The highest BCUT2D eigenvalue weighted by atomic mass is 35.5. The van der Waals surface area contributed by atoms with Gasteiger partial charge in [0, 0.05) is 22.7 Å². The van der Waals surface area contributed by atoms with E-state index >= 15 is 0 Å². The topological polar surface area (TPSA) is 68.5 Å². The smallest absolute Gasteiger partial charge is 0.339 e. The predicted octanol–water partition coefficient (Wildman–Crippen LogP) is 4.96. The Morgan fingerprint density at radius 3 is 2.48 bits per heavy atom. The first-order valence-electron chi connectivity index (χ1n) is 9.70. The van der Waals surface area contributed by atoms with Gasteiger partial charge in [-0.15, -0.1) is 0 Å². The van der Waals surface area contributed by atoms with Gasteiger partial charge in [-0.05, 0) is 74.4 Å². The Kier molecular flexibility index (Phi) is 5.33. The Bertz CT molecular complexity index is 1150. The third-order valence-corrected chi connectivity index (χ3v) is 5.44. The van der Waals surface area contributed by atoms with Crippen LogP contribution in [-0.2, 0) is 17.6 Å². The molecule has 0 fully saturated rings. The van der Waals surface area contributed by atoms with E-state index in [1.54, 1.807) is 12.1 Å². The molecule has 0 bridgehead atoms. The summed E-state index contributed by atoms with van der Waals surface area (Å²) in [7, 11) is 0. The maximum absolute atomic E-state index is 12.3. The highest BCUT2D eigenvalue weighted by molar-refractivity contribution is 6.32. The first-order chi connectivity index (χ1) is 13.9. The molecule has 1 N–H and O–H groups in total. The van der Waals surface area contributed by atoms with Crippen LogP contribution in [0, 0.1) is 13.8 Å². The highest BCUT2D eigenvalue weighted by Gasteiger charge is 2.19. The molecule has 0 aliphatic heterocycles. The number of rotatable bonds is 4. The van der Waals surface area contributed by atoms with E-state index in [0.717, 1.165) is 59.0 Å². The lowest BCUT2D eigenvalue weighted by Gasteiger charge is -2.17. The summed E-state index contributed by atoms with van der Waals surface area (Å²) < 4.78 is 11.1. The Morgan fingerprint density at radius 1 is 1.07 bits per heavy atom. The molecule has 6 heteroatoms. The second kappa shape index (κ2) is 7.91. The van der Waals surface area contributed by atoms with Crippen LogP contribution >= 0.6 is 11.6 Å². The van der Waals surface area contributed by atoms with Crippen molar-refractivity contribution in [3.05, 3.63) is 68.0 Å². The van der Waals surface area contributed by atoms with E-state index in [1.165, 1.54) is 0 Å². The lowest BCUT2D eigenvalue weighted by atomic mass is 9.91. The van der Waals surface area contributed by atoms with Gasteiger partial charge in [0.1, 0.15) is 11.3 Å². The van der Waals surface area contributed by atoms with E-state index in [4.69, 9.17) is 20.8 Å². The van der Waals surface area contributed by atoms with Crippen LogP contribution < -0.4 is 15.7 Å². The molecule has 3 aromatic rings. The van der Waals surface area contributed by atoms with E-state index < -0.39 is 0 Å². The van der Waals surface area contributed by atoms with Crippen molar-refractivity contribution in [1.82, 2.24) is 0 Å². The zero-order valence-electron chi connectivity index (χ0n) is 16.4. The fourth-order valence-corrected chi connectivity index (χ4v) is 4.16. The van der Waals surface area contributed by atoms with Gasteiger partial charge in [0.25, 0.3) is 5.91 Å². The van der Waals surface area contributed by atoms with Crippen molar-refractivity contribution in [3.8, 4) is 5.75 Å². The number of hydrogen-bond acceptors (Lipinski definition) is 4. The standard InChI is InChI=1S/C23H22ClNO4/c1-13-7-14(2)9-15(8-13)25-22(26)12-28-21-11-20-18(10-19(21)24)16-5-3-4-6-17(16)23(27)29-20/h7-11H,3-6,12H2,1-2H3,(H,25,26). The van der Waals surface area contributed by atoms with Gasteiger partial charge in [0.05, 0.1) is 5.02 Å². The van der Waals surface area contributed by atoms with Gasteiger partial charge in [0.15, 0.2) is 6.61 Å². The highest BCUT2D eigenvalue weighted by Crippen LogP contribution is 2.34. The number of carbonyl (C=O) groups is 1. The molecular weight excluding hydrogens is 390 g/mol. The van der Waals surface area contributed by atoms with Gasteiger partial charge in [0.2, 0.25) is 0 Å². The van der Waals surface area contributed by atoms with Crippen molar-refractivity contribution in [2.24, 2.45) is 0 Å². The summed E-state index contributed by atoms with van der Waals surface area (Å²) in [5, 5.41) is 4.05. The van der Waals surface area contributed by atoms with Crippen LogP contribution in [0.25, 0.3) is 11.0 Å². The van der Waals surface area contributed by atoms with E-state index in [0.29, 0.717) is 16.4 Å². The minimum absolute atomic E-state index is 0.201. The lowest BCUT2D eigenvalue weighted by Crippen LogP contribution is -2.20. The fraction of sp³-hybridized carbons (Fsp3) is 0.304. The van der Waals surface area contributed by atoms with Crippen LogP contribution in [0.2, 0.25) is 5.02 Å². The van der Waals surface area contributed by atoms with Gasteiger partial charge < -0.3 is 14.5 Å². The Hall–Kier alpha value is -2.79. The second-order valence-corrected chi connectivity index (χ2v) is 7.95. The van der Waals surface area contributed by atoms with Gasteiger partial charge in [-0.25, -0.2) is 4.79 Å². The average Bonchev–Trinajstić information content (AvgIpc) is 2.66. The summed E-state index contributed by atoms with van der Waals surface area (Å²) >= 11 is 6.39. The second-order valence-electron chi connectivity index (χ2n) is 7.55.